The summed E-state index contributed by atoms with van der Waals surface area (Å²) in [5.74, 6) is 0. The van der Waals surface area contributed by atoms with E-state index in [2.05, 4.69) is 34.7 Å². The molecule has 0 N–H and O–H groups in total. The van der Waals surface area contributed by atoms with Crippen molar-refractivity contribution in [3.8, 4) is 0 Å². The molecule has 1 aliphatic heterocycles. The van der Waals surface area contributed by atoms with Gasteiger partial charge in [-0.1, -0.05) is 6.07 Å². The molecular weight excluding hydrogens is 198 g/mol. The van der Waals surface area contributed by atoms with Gasteiger partial charge in [0.1, 0.15) is 0 Å². The van der Waals surface area contributed by atoms with Crippen LogP contribution in [0.5, 0.6) is 0 Å². The van der Waals surface area contributed by atoms with Crippen molar-refractivity contribution in [2.75, 3.05) is 26.2 Å². The fourth-order valence-corrected chi connectivity index (χ4v) is 2.19. The predicted molar refractivity (Wildman–Crippen MR) is 66.2 cm³/mol. The second-order valence-electron chi connectivity index (χ2n) is 4.77. The first-order valence-corrected chi connectivity index (χ1v) is 6.11. The number of pyridine rings is 1. The highest BCUT2D eigenvalue weighted by molar-refractivity contribution is 5.08. The van der Waals surface area contributed by atoms with Crippen molar-refractivity contribution in [3.05, 3.63) is 30.1 Å². The second-order valence-corrected chi connectivity index (χ2v) is 4.77. The van der Waals surface area contributed by atoms with Gasteiger partial charge >= 0.3 is 0 Å². The summed E-state index contributed by atoms with van der Waals surface area (Å²) in [4.78, 5) is 9.21. The fourth-order valence-electron chi connectivity index (χ4n) is 2.19. The van der Waals surface area contributed by atoms with Gasteiger partial charge in [0, 0.05) is 51.2 Å². The molecule has 0 aromatic carbocycles. The molecule has 0 saturated carbocycles. The van der Waals surface area contributed by atoms with Gasteiger partial charge in [-0.15, -0.1) is 0 Å². The molecule has 0 aliphatic carbocycles. The topological polar surface area (TPSA) is 19.4 Å². The Morgan fingerprint density at radius 2 is 2.00 bits per heavy atom. The number of aromatic nitrogens is 1. The molecule has 1 fully saturated rings. The van der Waals surface area contributed by atoms with Gasteiger partial charge in [0.05, 0.1) is 0 Å². The molecule has 3 nitrogen and oxygen atoms in total. The van der Waals surface area contributed by atoms with Crippen molar-refractivity contribution in [1.29, 1.82) is 0 Å². The Bertz CT molecular complexity index is 302. The molecule has 1 aliphatic rings. The van der Waals surface area contributed by atoms with Gasteiger partial charge in [-0.2, -0.15) is 0 Å². The molecule has 0 amide bonds. The molecule has 1 saturated heterocycles. The molecule has 16 heavy (non-hydrogen) atoms. The van der Waals surface area contributed by atoms with E-state index < -0.39 is 0 Å². The molecule has 0 radical (unpaired) electrons. The van der Waals surface area contributed by atoms with E-state index >= 15 is 0 Å². The van der Waals surface area contributed by atoms with Crippen molar-refractivity contribution < 1.29 is 0 Å². The standard InChI is InChI=1S/C13H21N3/c1-12(2)16-8-6-15(7-9-16)11-13-4-3-5-14-10-13/h3-5,10,12H,6-9,11H2,1-2H3. The number of hydrogen-bond donors (Lipinski definition) is 0. The monoisotopic (exact) mass is 219 g/mol. The molecule has 2 rings (SSSR count). The first-order chi connectivity index (χ1) is 7.75. The third-order valence-corrected chi connectivity index (χ3v) is 3.27. The van der Waals surface area contributed by atoms with Crippen molar-refractivity contribution in [1.82, 2.24) is 14.8 Å². The van der Waals surface area contributed by atoms with Crippen molar-refractivity contribution in [2.45, 2.75) is 26.4 Å². The van der Waals surface area contributed by atoms with Gasteiger partial charge in [-0.25, -0.2) is 0 Å². The predicted octanol–water partition coefficient (Wildman–Crippen LogP) is 1.61. The summed E-state index contributed by atoms with van der Waals surface area (Å²) in [5, 5.41) is 0. The molecule has 1 aromatic rings. The average Bonchev–Trinajstić information content (AvgIpc) is 2.31. The Morgan fingerprint density at radius 3 is 2.56 bits per heavy atom. The zero-order valence-electron chi connectivity index (χ0n) is 10.3. The molecule has 0 spiro atoms. The quantitative estimate of drug-likeness (QED) is 0.770. The molecule has 0 atom stereocenters. The second kappa shape index (κ2) is 5.41. The van der Waals surface area contributed by atoms with Gasteiger partial charge in [0.2, 0.25) is 0 Å². The van der Waals surface area contributed by atoms with E-state index in [1.54, 1.807) is 0 Å². The van der Waals surface area contributed by atoms with Crippen LogP contribution in [0.4, 0.5) is 0 Å². The van der Waals surface area contributed by atoms with Crippen LogP contribution in [0.2, 0.25) is 0 Å². The van der Waals surface area contributed by atoms with Crippen molar-refractivity contribution >= 4 is 0 Å². The highest BCUT2D eigenvalue weighted by Crippen LogP contribution is 2.09. The lowest BCUT2D eigenvalue weighted by molar-refractivity contribution is 0.104. The molecule has 0 unspecified atom stereocenters. The summed E-state index contributed by atoms with van der Waals surface area (Å²) in [7, 11) is 0. The van der Waals surface area contributed by atoms with Gasteiger partial charge in [0.25, 0.3) is 0 Å². The van der Waals surface area contributed by atoms with Crippen LogP contribution in [-0.4, -0.2) is 47.0 Å². The molecule has 0 bridgehead atoms. The van der Waals surface area contributed by atoms with Gasteiger partial charge in [-0.05, 0) is 25.5 Å². The minimum Gasteiger partial charge on any atom is -0.298 e. The zero-order chi connectivity index (χ0) is 11.4. The van der Waals surface area contributed by atoms with Gasteiger partial charge in [-0.3, -0.25) is 14.8 Å². The van der Waals surface area contributed by atoms with E-state index in [4.69, 9.17) is 0 Å². The third-order valence-electron chi connectivity index (χ3n) is 3.27. The Balaban J connectivity index is 1.82. The van der Waals surface area contributed by atoms with E-state index in [9.17, 15) is 0 Å². The molecule has 2 heterocycles. The SMILES string of the molecule is CC(C)N1CCN(Cc2cccnc2)CC1. The van der Waals surface area contributed by atoms with Crippen LogP contribution in [0.15, 0.2) is 24.5 Å². The summed E-state index contributed by atoms with van der Waals surface area (Å²) in [6.07, 6.45) is 3.80. The molecule has 88 valence electrons. The van der Waals surface area contributed by atoms with Crippen LogP contribution in [0.3, 0.4) is 0 Å². The van der Waals surface area contributed by atoms with Crippen molar-refractivity contribution in [2.24, 2.45) is 0 Å². The Labute approximate surface area is 98.1 Å². The number of piperazine rings is 1. The average molecular weight is 219 g/mol. The van der Waals surface area contributed by atoms with E-state index in [0.29, 0.717) is 6.04 Å². The summed E-state index contributed by atoms with van der Waals surface area (Å²) in [6.45, 7) is 10.3. The van der Waals surface area contributed by atoms with Gasteiger partial charge in [0.15, 0.2) is 0 Å². The maximum atomic E-state index is 4.16. The van der Waals surface area contributed by atoms with Crippen molar-refractivity contribution in [3.63, 3.8) is 0 Å². The third kappa shape index (κ3) is 3.03. The van der Waals surface area contributed by atoms with E-state index in [1.807, 2.05) is 18.5 Å². The summed E-state index contributed by atoms with van der Waals surface area (Å²) >= 11 is 0. The highest BCUT2D eigenvalue weighted by Gasteiger charge is 2.18. The first kappa shape index (κ1) is 11.6. The molecule has 3 heteroatoms. The smallest absolute Gasteiger partial charge is 0.0312 e. The van der Waals surface area contributed by atoms with E-state index in [1.165, 1.54) is 31.7 Å². The Hall–Kier alpha value is -0.930. The summed E-state index contributed by atoms with van der Waals surface area (Å²) in [6, 6.07) is 4.85. The molecular formula is C13H21N3. The largest absolute Gasteiger partial charge is 0.298 e. The lowest BCUT2D eigenvalue weighted by atomic mass is 10.2. The van der Waals surface area contributed by atoms with Crippen LogP contribution in [-0.2, 0) is 6.54 Å². The van der Waals surface area contributed by atoms with E-state index in [0.717, 1.165) is 6.54 Å². The summed E-state index contributed by atoms with van der Waals surface area (Å²) in [5.41, 5.74) is 1.32. The minimum atomic E-state index is 0.681. The maximum Gasteiger partial charge on any atom is 0.0312 e. The first-order valence-electron chi connectivity index (χ1n) is 6.11. The highest BCUT2D eigenvalue weighted by atomic mass is 15.3. The molecule has 1 aromatic heterocycles. The lowest BCUT2D eigenvalue weighted by Gasteiger charge is -2.36. The number of hydrogen-bond acceptors (Lipinski definition) is 3. The van der Waals surface area contributed by atoms with E-state index in [-0.39, 0.29) is 0 Å². The summed E-state index contributed by atoms with van der Waals surface area (Å²) < 4.78 is 0. The fraction of sp³-hybridized carbons (Fsp3) is 0.615. The minimum absolute atomic E-state index is 0.681. The van der Waals surface area contributed by atoms with Crippen LogP contribution in [0.25, 0.3) is 0 Å². The number of nitrogens with zero attached hydrogens (tertiary/aromatic N) is 3. The Morgan fingerprint density at radius 1 is 1.25 bits per heavy atom. The zero-order valence-corrected chi connectivity index (χ0v) is 10.3. The lowest BCUT2D eigenvalue weighted by Crippen LogP contribution is -2.48. The Kier molecular flexibility index (Phi) is 3.91. The van der Waals surface area contributed by atoms with Gasteiger partial charge < -0.3 is 0 Å². The normalized spacial score (nSPS) is 19.2. The van der Waals surface area contributed by atoms with Crippen LogP contribution >= 0.6 is 0 Å². The maximum absolute atomic E-state index is 4.16. The van der Waals surface area contributed by atoms with Crippen LogP contribution in [0.1, 0.15) is 19.4 Å². The van der Waals surface area contributed by atoms with Crippen LogP contribution < -0.4 is 0 Å². The van der Waals surface area contributed by atoms with Crippen LogP contribution in [0, 0.1) is 0 Å². The number of rotatable bonds is 3.